The van der Waals surface area contributed by atoms with Gasteiger partial charge in [0.25, 0.3) is 5.01 Å². The number of unbranched alkanes of at least 4 members (excludes halogenated alkanes) is 11. The van der Waals surface area contributed by atoms with Gasteiger partial charge in [-0.05, 0) is 44.5 Å². The summed E-state index contributed by atoms with van der Waals surface area (Å²) in [4.78, 5) is 25.4. The molecule has 1 amide bonds. The van der Waals surface area contributed by atoms with Crippen LogP contribution in [0.15, 0.2) is 54.0 Å². The summed E-state index contributed by atoms with van der Waals surface area (Å²) in [5.41, 5.74) is 3.11. The van der Waals surface area contributed by atoms with Gasteiger partial charge in [-0.3, -0.25) is 9.59 Å². The lowest BCUT2D eigenvalue weighted by Gasteiger charge is -2.15. The van der Waals surface area contributed by atoms with Crippen LogP contribution >= 0.6 is 11.3 Å². The highest BCUT2D eigenvalue weighted by molar-refractivity contribution is 7.12. The first-order valence-corrected chi connectivity index (χ1v) is 16.5. The van der Waals surface area contributed by atoms with Crippen molar-refractivity contribution in [1.82, 2.24) is 0 Å². The van der Waals surface area contributed by atoms with E-state index in [4.69, 9.17) is 4.74 Å². The third-order valence-electron chi connectivity index (χ3n) is 7.49. The predicted molar refractivity (Wildman–Crippen MR) is 171 cm³/mol. The third kappa shape index (κ3) is 11.1. The molecule has 0 atom stereocenters. The molecule has 3 rings (SSSR count). The number of rotatable bonds is 20. The van der Waals surface area contributed by atoms with Crippen LogP contribution < -0.4 is 14.6 Å². The van der Waals surface area contributed by atoms with Crippen LogP contribution in [-0.2, 0) is 17.8 Å². The lowest BCUT2D eigenvalue weighted by Crippen LogP contribution is -2.31. The van der Waals surface area contributed by atoms with Gasteiger partial charge in [-0.25, -0.2) is 0 Å². The van der Waals surface area contributed by atoms with Crippen molar-refractivity contribution in [3.8, 4) is 16.3 Å². The van der Waals surface area contributed by atoms with Crippen molar-refractivity contribution in [2.75, 3.05) is 11.9 Å². The van der Waals surface area contributed by atoms with E-state index < -0.39 is 0 Å². The number of thiazole rings is 1. The van der Waals surface area contributed by atoms with Gasteiger partial charge >= 0.3 is 0 Å². The van der Waals surface area contributed by atoms with Crippen molar-refractivity contribution in [3.05, 3.63) is 65.2 Å². The van der Waals surface area contributed by atoms with Crippen molar-refractivity contribution in [1.29, 1.82) is 0 Å². The Balaban J connectivity index is 1.48. The number of para-hydroxylation sites is 1. The minimum atomic E-state index is -0.132. The number of aromatic nitrogens is 1. The third-order valence-corrected chi connectivity index (χ3v) is 8.44. The smallest absolute Gasteiger partial charge is 0.269 e. The number of hydrogen-bond acceptors (Lipinski definition) is 4. The van der Waals surface area contributed by atoms with Crippen molar-refractivity contribution < 1.29 is 18.9 Å². The number of carbonyl (C=O) groups is 2. The molecule has 0 aliphatic rings. The van der Waals surface area contributed by atoms with Gasteiger partial charge in [0.2, 0.25) is 5.91 Å². The molecule has 0 saturated carbocycles. The highest BCUT2D eigenvalue weighted by atomic mass is 32.1. The van der Waals surface area contributed by atoms with E-state index >= 15 is 0 Å². The summed E-state index contributed by atoms with van der Waals surface area (Å²) in [5, 5.41) is 6.27. The molecule has 3 aromatic rings. The van der Waals surface area contributed by atoms with Crippen LogP contribution in [0.3, 0.4) is 0 Å². The molecule has 1 N–H and O–H groups in total. The van der Waals surface area contributed by atoms with Crippen LogP contribution in [0.2, 0.25) is 0 Å². The monoisotopic (exact) mass is 577 g/mol. The SMILES string of the molecule is CCCCCCCCCCCCCCOc1c(CC(=O)Nc2cccc(-c3scc[n+]3CC)c2)cccc1C(C)=O. The number of amides is 1. The molecule has 1 heterocycles. The summed E-state index contributed by atoms with van der Waals surface area (Å²) in [6.45, 7) is 7.38. The second-order valence-electron chi connectivity index (χ2n) is 10.9. The molecule has 2 aromatic carbocycles. The predicted octanol–water partition coefficient (Wildman–Crippen LogP) is 9.19. The molecule has 0 aliphatic heterocycles. The number of hydrogen-bond donors (Lipinski definition) is 1. The highest BCUT2D eigenvalue weighted by Crippen LogP contribution is 2.27. The average Bonchev–Trinajstić information content (AvgIpc) is 3.45. The maximum Gasteiger partial charge on any atom is 0.269 e. The molecule has 5 nitrogen and oxygen atoms in total. The Kier molecular flexibility index (Phi) is 14.6. The fourth-order valence-corrected chi connectivity index (χ4v) is 6.11. The molecule has 0 bridgehead atoms. The molecule has 222 valence electrons. The van der Waals surface area contributed by atoms with Gasteiger partial charge in [0.1, 0.15) is 12.3 Å². The Morgan fingerprint density at radius 2 is 1.51 bits per heavy atom. The summed E-state index contributed by atoms with van der Waals surface area (Å²) in [5.74, 6) is 0.368. The Morgan fingerprint density at radius 3 is 2.17 bits per heavy atom. The Morgan fingerprint density at radius 1 is 0.854 bits per heavy atom. The molecular weight excluding hydrogens is 528 g/mol. The minimum Gasteiger partial charge on any atom is -0.493 e. The molecule has 41 heavy (non-hydrogen) atoms. The highest BCUT2D eigenvalue weighted by Gasteiger charge is 2.17. The second kappa shape index (κ2) is 18.4. The van der Waals surface area contributed by atoms with E-state index in [1.54, 1.807) is 24.3 Å². The average molecular weight is 578 g/mol. The summed E-state index contributed by atoms with van der Waals surface area (Å²) in [7, 11) is 0. The van der Waals surface area contributed by atoms with Crippen molar-refractivity contribution in [2.45, 2.75) is 111 Å². The number of anilines is 1. The van der Waals surface area contributed by atoms with Crippen LogP contribution in [-0.4, -0.2) is 18.3 Å². The zero-order valence-corrected chi connectivity index (χ0v) is 26.2. The van der Waals surface area contributed by atoms with Crippen LogP contribution in [0.25, 0.3) is 10.6 Å². The Hall–Kier alpha value is -2.99. The quantitative estimate of drug-likeness (QED) is 0.0827. The van der Waals surface area contributed by atoms with E-state index in [1.165, 1.54) is 64.2 Å². The molecule has 0 fully saturated rings. The van der Waals surface area contributed by atoms with Gasteiger partial charge in [0.15, 0.2) is 12.0 Å². The van der Waals surface area contributed by atoms with E-state index in [2.05, 4.69) is 41.4 Å². The van der Waals surface area contributed by atoms with E-state index in [0.29, 0.717) is 17.9 Å². The minimum absolute atomic E-state index is 0.0511. The second-order valence-corrected chi connectivity index (χ2v) is 11.8. The van der Waals surface area contributed by atoms with Gasteiger partial charge in [0, 0.05) is 11.3 Å². The topological polar surface area (TPSA) is 59.3 Å². The zero-order chi connectivity index (χ0) is 29.3. The van der Waals surface area contributed by atoms with Gasteiger partial charge in [-0.15, -0.1) is 0 Å². The molecule has 6 heteroatoms. The van der Waals surface area contributed by atoms with Crippen LogP contribution in [0, 0.1) is 0 Å². The van der Waals surface area contributed by atoms with Crippen molar-refractivity contribution >= 4 is 28.7 Å². The maximum absolute atomic E-state index is 13.1. The number of ketones is 1. The number of nitrogens with zero attached hydrogens (tertiary/aromatic N) is 1. The molecule has 0 spiro atoms. The van der Waals surface area contributed by atoms with Crippen LogP contribution in [0.5, 0.6) is 5.75 Å². The molecule has 0 aliphatic carbocycles. The zero-order valence-electron chi connectivity index (χ0n) is 25.4. The standard InChI is InChI=1S/C35H48N2O3S/c1-4-6-7-8-9-10-11-12-13-14-15-16-24-40-34-29(19-18-22-32(34)28(3)38)27-33(39)36-31-21-17-20-30(26-31)35-37(5-2)23-25-41-35/h17-23,25-26H,4-16,24,27H2,1-3H3/p+1. The van der Waals surface area contributed by atoms with Gasteiger partial charge in [-0.1, -0.05) is 107 Å². The Labute approximate surface area is 251 Å². The molecule has 1 aromatic heterocycles. The van der Waals surface area contributed by atoms with Crippen molar-refractivity contribution in [2.24, 2.45) is 0 Å². The van der Waals surface area contributed by atoms with Crippen LogP contribution in [0.1, 0.15) is 114 Å². The van der Waals surface area contributed by atoms with E-state index in [0.717, 1.165) is 41.2 Å². The summed E-state index contributed by atoms with van der Waals surface area (Å²) in [6.07, 6.45) is 17.6. The first kappa shape index (κ1) is 32.5. The van der Waals surface area contributed by atoms with Gasteiger partial charge < -0.3 is 10.1 Å². The first-order valence-electron chi connectivity index (χ1n) is 15.7. The molecule has 0 unspecified atom stereocenters. The van der Waals surface area contributed by atoms with Crippen molar-refractivity contribution in [3.63, 3.8) is 0 Å². The van der Waals surface area contributed by atoms with Gasteiger partial charge in [0.05, 0.1) is 29.5 Å². The number of carbonyl (C=O) groups excluding carboxylic acids is 2. The fourth-order valence-electron chi connectivity index (χ4n) is 5.18. The molecular formula is C35H49N2O3S+. The fraction of sp³-hybridized carbons (Fsp3) is 0.514. The summed E-state index contributed by atoms with van der Waals surface area (Å²) < 4.78 is 8.36. The van der Waals surface area contributed by atoms with E-state index in [1.807, 2.05) is 30.3 Å². The lowest BCUT2D eigenvalue weighted by molar-refractivity contribution is -0.678. The molecule has 0 saturated heterocycles. The first-order chi connectivity index (χ1) is 20.0. The molecule has 0 radical (unpaired) electrons. The number of aryl methyl sites for hydroxylation is 1. The van der Waals surface area contributed by atoms with Gasteiger partial charge in [-0.2, -0.15) is 4.57 Å². The van der Waals surface area contributed by atoms with Crippen LogP contribution in [0.4, 0.5) is 5.69 Å². The number of benzene rings is 2. The number of Topliss-reactive ketones (excluding diaryl/α,β-unsaturated/α-hetero) is 1. The summed E-state index contributed by atoms with van der Waals surface area (Å²) >= 11 is 1.68. The number of ether oxygens (including phenoxy) is 1. The number of nitrogens with one attached hydrogen (secondary N) is 1. The maximum atomic E-state index is 13.1. The Bertz CT molecular complexity index is 1220. The summed E-state index contributed by atoms with van der Waals surface area (Å²) in [6, 6.07) is 13.4. The lowest BCUT2D eigenvalue weighted by atomic mass is 10.0. The van der Waals surface area contributed by atoms with E-state index in [9.17, 15) is 9.59 Å². The largest absolute Gasteiger partial charge is 0.493 e. The normalized spacial score (nSPS) is 11.0. The van der Waals surface area contributed by atoms with E-state index in [-0.39, 0.29) is 18.1 Å².